The molecular weight excluding hydrogens is 266 g/mol. The molecule has 0 aliphatic rings. The van der Waals surface area contributed by atoms with Gasteiger partial charge in [-0.2, -0.15) is 0 Å². The molecule has 17 heavy (non-hydrogen) atoms. The molecule has 0 aliphatic carbocycles. The van der Waals surface area contributed by atoms with Crippen molar-refractivity contribution in [3.8, 4) is 0 Å². The van der Waals surface area contributed by atoms with E-state index in [0.717, 1.165) is 0 Å². The summed E-state index contributed by atoms with van der Waals surface area (Å²) in [6.45, 7) is 2.32. The molecule has 0 fully saturated rings. The molecule has 0 saturated heterocycles. The Hall–Kier alpha value is -0.840. The number of carbonyl (C=O) groups is 1. The Bertz CT molecular complexity index is 367. The Morgan fingerprint density at radius 2 is 2.18 bits per heavy atom. The molecule has 6 heteroatoms. The average molecular weight is 281 g/mol. The van der Waals surface area contributed by atoms with Gasteiger partial charge < -0.3 is 10.6 Å². The van der Waals surface area contributed by atoms with Gasteiger partial charge in [-0.25, -0.2) is 4.39 Å². The lowest BCUT2D eigenvalue weighted by molar-refractivity contribution is 0.0946. The summed E-state index contributed by atoms with van der Waals surface area (Å²) < 4.78 is 13.3. The number of amides is 1. The predicted molar refractivity (Wildman–Crippen MR) is 69.5 cm³/mol. The molecule has 0 aromatic heterocycles. The van der Waals surface area contributed by atoms with Crippen LogP contribution in [0.5, 0.6) is 0 Å². The van der Waals surface area contributed by atoms with Gasteiger partial charge in [-0.1, -0.05) is 17.7 Å². The van der Waals surface area contributed by atoms with Gasteiger partial charge in [0.15, 0.2) is 0 Å². The first-order chi connectivity index (χ1) is 7.56. The molecule has 1 aromatic rings. The topological polar surface area (TPSA) is 41.1 Å². The summed E-state index contributed by atoms with van der Waals surface area (Å²) in [6, 6.07) is 4.28. The number of benzene rings is 1. The quantitative estimate of drug-likeness (QED) is 0.888. The molecule has 2 N–H and O–H groups in total. The maximum atomic E-state index is 13.3. The lowest BCUT2D eigenvalue weighted by Crippen LogP contribution is -2.37. The van der Waals surface area contributed by atoms with Crippen LogP contribution in [0.4, 0.5) is 4.39 Å². The van der Waals surface area contributed by atoms with Gasteiger partial charge in [0.2, 0.25) is 0 Å². The van der Waals surface area contributed by atoms with Gasteiger partial charge in [0.25, 0.3) is 5.91 Å². The van der Waals surface area contributed by atoms with E-state index in [-0.39, 0.29) is 29.0 Å². The molecule has 0 spiro atoms. The first-order valence-electron chi connectivity index (χ1n) is 4.95. The molecule has 96 valence electrons. The van der Waals surface area contributed by atoms with Gasteiger partial charge in [0.1, 0.15) is 5.82 Å². The fraction of sp³-hybridized carbons (Fsp3) is 0.364. The largest absolute Gasteiger partial charge is 0.350 e. The van der Waals surface area contributed by atoms with E-state index in [9.17, 15) is 9.18 Å². The van der Waals surface area contributed by atoms with E-state index in [2.05, 4.69) is 10.6 Å². The minimum Gasteiger partial charge on any atom is -0.350 e. The molecule has 1 unspecified atom stereocenters. The summed E-state index contributed by atoms with van der Waals surface area (Å²) in [5, 5.41) is 5.68. The molecular formula is C11H15Cl2FN2O. The summed E-state index contributed by atoms with van der Waals surface area (Å²) in [7, 11) is 1.78. The first kappa shape index (κ1) is 16.2. The molecule has 1 atom stereocenters. The van der Waals surface area contributed by atoms with Crippen molar-refractivity contribution < 1.29 is 9.18 Å². The van der Waals surface area contributed by atoms with E-state index in [0.29, 0.717) is 6.54 Å². The smallest absolute Gasteiger partial charge is 0.255 e. The summed E-state index contributed by atoms with van der Waals surface area (Å²) in [4.78, 5) is 11.6. The van der Waals surface area contributed by atoms with E-state index in [1.54, 1.807) is 7.05 Å². The zero-order valence-electron chi connectivity index (χ0n) is 9.59. The second-order valence-electron chi connectivity index (χ2n) is 3.50. The zero-order chi connectivity index (χ0) is 12.1. The van der Waals surface area contributed by atoms with Gasteiger partial charge >= 0.3 is 0 Å². The van der Waals surface area contributed by atoms with Crippen molar-refractivity contribution in [1.29, 1.82) is 0 Å². The van der Waals surface area contributed by atoms with Crippen LogP contribution in [0.3, 0.4) is 0 Å². The maximum Gasteiger partial charge on any atom is 0.255 e. The normalized spacial score (nSPS) is 11.5. The number of likely N-dealkylation sites (N-methyl/N-ethyl adjacent to an activating group) is 1. The van der Waals surface area contributed by atoms with Crippen molar-refractivity contribution in [2.24, 2.45) is 0 Å². The molecule has 3 nitrogen and oxygen atoms in total. The number of halogens is 3. The lowest BCUT2D eigenvalue weighted by atomic mass is 10.2. The summed E-state index contributed by atoms with van der Waals surface area (Å²) in [6.07, 6.45) is 0. The van der Waals surface area contributed by atoms with Crippen molar-refractivity contribution in [1.82, 2.24) is 10.6 Å². The molecule has 0 heterocycles. The fourth-order valence-corrected chi connectivity index (χ4v) is 1.40. The van der Waals surface area contributed by atoms with Crippen molar-refractivity contribution in [3.63, 3.8) is 0 Å². The second kappa shape index (κ2) is 7.48. The minimum absolute atomic E-state index is 0. The number of nitrogens with one attached hydrogen (secondary N) is 2. The Kier molecular flexibility index (Phi) is 7.11. The summed E-state index contributed by atoms with van der Waals surface area (Å²) in [5.41, 5.74) is -0.104. The van der Waals surface area contributed by atoms with Gasteiger partial charge in [-0.3, -0.25) is 4.79 Å². The van der Waals surface area contributed by atoms with Gasteiger partial charge in [-0.15, -0.1) is 12.4 Å². The summed E-state index contributed by atoms with van der Waals surface area (Å²) in [5.74, 6) is -1.10. The van der Waals surface area contributed by atoms with Crippen molar-refractivity contribution >= 4 is 29.9 Å². The third-order valence-electron chi connectivity index (χ3n) is 2.25. The third kappa shape index (κ3) is 4.50. The van der Waals surface area contributed by atoms with Crippen LogP contribution in [0.1, 0.15) is 17.3 Å². The summed E-state index contributed by atoms with van der Waals surface area (Å²) >= 11 is 5.76. The van der Waals surface area contributed by atoms with Crippen molar-refractivity contribution in [2.45, 2.75) is 13.0 Å². The van der Waals surface area contributed by atoms with Crippen LogP contribution in [-0.2, 0) is 0 Å². The highest BCUT2D eigenvalue weighted by Gasteiger charge is 2.15. The highest BCUT2D eigenvalue weighted by atomic mass is 35.5. The van der Waals surface area contributed by atoms with Crippen LogP contribution in [0.25, 0.3) is 0 Å². The van der Waals surface area contributed by atoms with Crippen molar-refractivity contribution in [2.75, 3.05) is 13.6 Å². The Balaban J connectivity index is 0.00000256. The number of hydrogen-bond acceptors (Lipinski definition) is 2. The maximum absolute atomic E-state index is 13.3. The van der Waals surface area contributed by atoms with Crippen LogP contribution in [-0.4, -0.2) is 25.5 Å². The fourth-order valence-electron chi connectivity index (χ4n) is 1.15. The minimum atomic E-state index is -0.609. The van der Waals surface area contributed by atoms with Crippen LogP contribution in [0, 0.1) is 5.82 Å². The first-order valence-corrected chi connectivity index (χ1v) is 5.33. The SMILES string of the molecule is CNC(C)CNC(=O)c1c(F)cccc1Cl.Cl. The molecule has 0 saturated carbocycles. The average Bonchev–Trinajstić information content (AvgIpc) is 2.25. The second-order valence-corrected chi connectivity index (χ2v) is 3.90. The van der Waals surface area contributed by atoms with Gasteiger partial charge in [0, 0.05) is 12.6 Å². The number of rotatable bonds is 4. The van der Waals surface area contributed by atoms with Gasteiger partial charge in [-0.05, 0) is 26.1 Å². The monoisotopic (exact) mass is 280 g/mol. The Labute approximate surface area is 111 Å². The third-order valence-corrected chi connectivity index (χ3v) is 2.57. The number of carbonyl (C=O) groups excluding carboxylic acids is 1. The molecule has 0 bridgehead atoms. The molecule has 0 aliphatic heterocycles. The Morgan fingerprint density at radius 1 is 1.53 bits per heavy atom. The van der Waals surface area contributed by atoms with E-state index >= 15 is 0 Å². The molecule has 1 rings (SSSR count). The lowest BCUT2D eigenvalue weighted by Gasteiger charge is -2.12. The van der Waals surface area contributed by atoms with E-state index < -0.39 is 11.7 Å². The number of hydrogen-bond donors (Lipinski definition) is 2. The molecule has 1 aromatic carbocycles. The van der Waals surface area contributed by atoms with Crippen LogP contribution < -0.4 is 10.6 Å². The Morgan fingerprint density at radius 3 is 2.71 bits per heavy atom. The zero-order valence-corrected chi connectivity index (χ0v) is 11.2. The highest BCUT2D eigenvalue weighted by Crippen LogP contribution is 2.18. The molecule has 0 radical (unpaired) electrons. The predicted octanol–water partition coefficient (Wildman–Crippen LogP) is 2.24. The van der Waals surface area contributed by atoms with E-state index in [1.807, 2.05) is 6.92 Å². The molecule has 1 amide bonds. The van der Waals surface area contributed by atoms with Crippen LogP contribution in [0.2, 0.25) is 5.02 Å². The van der Waals surface area contributed by atoms with Gasteiger partial charge in [0.05, 0.1) is 10.6 Å². The standard InChI is InChI=1S/C11H14ClFN2O.ClH/c1-7(14-2)6-15-11(16)10-8(12)4-3-5-9(10)13;/h3-5,7,14H,6H2,1-2H3,(H,15,16);1H. The van der Waals surface area contributed by atoms with E-state index in [1.165, 1.54) is 18.2 Å². The highest BCUT2D eigenvalue weighted by molar-refractivity contribution is 6.33. The van der Waals surface area contributed by atoms with Crippen molar-refractivity contribution in [3.05, 3.63) is 34.6 Å². The van der Waals surface area contributed by atoms with Crippen LogP contribution in [0.15, 0.2) is 18.2 Å². The van der Waals surface area contributed by atoms with E-state index in [4.69, 9.17) is 11.6 Å². The van der Waals surface area contributed by atoms with Crippen LogP contribution >= 0.6 is 24.0 Å².